The minimum Gasteiger partial charge on any atom is -0.393 e. The molecule has 0 spiro atoms. The Bertz CT molecular complexity index is 226. The molecule has 0 aromatic carbocycles. The van der Waals surface area contributed by atoms with Crippen molar-refractivity contribution in [1.82, 2.24) is 4.90 Å². The average molecular weight is 200 g/mol. The third-order valence-electron chi connectivity index (χ3n) is 2.49. The lowest BCUT2D eigenvalue weighted by Crippen LogP contribution is -2.39. The van der Waals surface area contributed by atoms with Gasteiger partial charge in [0.15, 0.2) is 0 Å². The van der Waals surface area contributed by atoms with E-state index in [2.05, 4.69) is 0 Å². The molecule has 1 aliphatic rings. The maximum atomic E-state index is 11.8. The molecule has 1 amide bonds. The molecule has 1 saturated carbocycles. The Morgan fingerprint density at radius 2 is 2.23 bits per heavy atom. The summed E-state index contributed by atoms with van der Waals surface area (Å²) in [4.78, 5) is 13.9. The maximum absolute atomic E-state index is 11.8. The summed E-state index contributed by atoms with van der Waals surface area (Å²) in [5.74, 6) is -0.182. The summed E-state index contributed by atoms with van der Waals surface area (Å²) in [6.07, 6.45) is 2.94. The largest absolute Gasteiger partial charge is 0.393 e. The van der Waals surface area contributed by atoms with Gasteiger partial charge in [-0.1, -0.05) is 19.1 Å². The van der Waals surface area contributed by atoms with Crippen LogP contribution < -0.4 is 5.73 Å². The van der Waals surface area contributed by atoms with E-state index < -0.39 is 0 Å². The highest BCUT2D eigenvalue weighted by Gasteiger charge is 2.33. The van der Waals surface area contributed by atoms with Gasteiger partial charge >= 0.3 is 0 Å². The summed E-state index contributed by atoms with van der Waals surface area (Å²) in [5.41, 5.74) is 5.49. The summed E-state index contributed by atoms with van der Waals surface area (Å²) in [6.45, 7) is 1.93. The third kappa shape index (κ3) is 2.40. The maximum Gasteiger partial charge on any atom is 0.232 e. The zero-order valence-corrected chi connectivity index (χ0v) is 8.93. The van der Waals surface area contributed by atoms with Gasteiger partial charge < -0.3 is 10.6 Å². The van der Waals surface area contributed by atoms with Gasteiger partial charge in [0.25, 0.3) is 0 Å². The van der Waals surface area contributed by atoms with Crippen molar-refractivity contribution in [2.75, 3.05) is 7.05 Å². The Morgan fingerprint density at radius 3 is 2.54 bits per heavy atom. The molecule has 13 heavy (non-hydrogen) atoms. The van der Waals surface area contributed by atoms with Gasteiger partial charge in [0, 0.05) is 13.1 Å². The first-order valence-corrected chi connectivity index (χ1v) is 5.04. The first-order valence-electron chi connectivity index (χ1n) is 4.64. The number of rotatable bonds is 4. The number of nitrogens with zero attached hydrogens (tertiary/aromatic N) is 1. The molecule has 4 heteroatoms. The van der Waals surface area contributed by atoms with Gasteiger partial charge in [0.1, 0.15) is 0 Å². The summed E-state index contributed by atoms with van der Waals surface area (Å²) in [5, 5.41) is 0. The highest BCUT2D eigenvalue weighted by molar-refractivity contribution is 7.80. The molecule has 0 aliphatic heterocycles. The average Bonchev–Trinajstić information content (AvgIpc) is 2.85. The molecule has 1 aliphatic carbocycles. The van der Waals surface area contributed by atoms with Crippen LogP contribution in [-0.4, -0.2) is 28.9 Å². The van der Waals surface area contributed by atoms with Gasteiger partial charge in [-0.2, -0.15) is 0 Å². The summed E-state index contributed by atoms with van der Waals surface area (Å²) >= 11 is 4.85. The molecule has 0 heterocycles. The number of hydrogen-bond donors (Lipinski definition) is 1. The number of carbonyl (C=O) groups excluding carboxylic acids is 1. The molecule has 1 fully saturated rings. The molecule has 1 rings (SSSR count). The van der Waals surface area contributed by atoms with E-state index in [1.807, 2.05) is 14.0 Å². The Morgan fingerprint density at radius 1 is 1.69 bits per heavy atom. The second-order valence-corrected chi connectivity index (χ2v) is 4.01. The lowest BCUT2D eigenvalue weighted by atomic mass is 10.1. The van der Waals surface area contributed by atoms with Gasteiger partial charge in [-0.3, -0.25) is 4.79 Å². The van der Waals surface area contributed by atoms with Crippen molar-refractivity contribution in [3.8, 4) is 0 Å². The van der Waals surface area contributed by atoms with E-state index in [9.17, 15) is 4.79 Å². The number of nitrogens with two attached hydrogens (primary N) is 1. The molecular formula is C9H16N2OS. The van der Waals surface area contributed by atoms with Gasteiger partial charge in [-0.25, -0.2) is 0 Å². The van der Waals surface area contributed by atoms with Crippen LogP contribution in [0.4, 0.5) is 0 Å². The van der Waals surface area contributed by atoms with Crippen molar-refractivity contribution in [2.24, 2.45) is 11.7 Å². The number of hydrogen-bond acceptors (Lipinski definition) is 2. The molecule has 0 aromatic heterocycles. The standard InChI is InChI=1S/C9H16N2OS/c1-3-7(8(10)13)9(12)11(2)6-4-5-6/h6-7H,3-5H2,1-2H3,(H2,10,13). The fourth-order valence-electron chi connectivity index (χ4n) is 1.39. The van der Waals surface area contributed by atoms with E-state index in [1.165, 1.54) is 0 Å². The van der Waals surface area contributed by atoms with Crippen molar-refractivity contribution in [2.45, 2.75) is 32.2 Å². The lowest BCUT2D eigenvalue weighted by Gasteiger charge is -2.21. The first-order chi connectivity index (χ1) is 6.07. The smallest absolute Gasteiger partial charge is 0.232 e. The quantitative estimate of drug-likeness (QED) is 0.686. The summed E-state index contributed by atoms with van der Waals surface area (Å²) in [7, 11) is 1.83. The molecule has 1 atom stereocenters. The topological polar surface area (TPSA) is 46.3 Å². The van der Waals surface area contributed by atoms with E-state index >= 15 is 0 Å². The Hall–Kier alpha value is -0.640. The number of thiocarbonyl (C=S) groups is 1. The van der Waals surface area contributed by atoms with Gasteiger partial charge in [-0.15, -0.1) is 0 Å². The van der Waals surface area contributed by atoms with Crippen LogP contribution in [0.2, 0.25) is 0 Å². The highest BCUT2D eigenvalue weighted by Crippen LogP contribution is 2.27. The van der Waals surface area contributed by atoms with Crippen molar-refractivity contribution < 1.29 is 4.79 Å². The predicted octanol–water partition coefficient (Wildman–Crippen LogP) is 0.920. The molecule has 0 radical (unpaired) electrons. The van der Waals surface area contributed by atoms with Gasteiger partial charge in [-0.05, 0) is 19.3 Å². The van der Waals surface area contributed by atoms with Crippen LogP contribution in [0, 0.1) is 5.92 Å². The summed E-state index contributed by atoms with van der Waals surface area (Å²) in [6, 6.07) is 0.441. The third-order valence-corrected chi connectivity index (χ3v) is 2.78. The fourth-order valence-corrected chi connectivity index (χ4v) is 1.65. The molecule has 2 N–H and O–H groups in total. The van der Waals surface area contributed by atoms with E-state index in [0.29, 0.717) is 17.5 Å². The van der Waals surface area contributed by atoms with Gasteiger partial charge in [0.05, 0.1) is 10.9 Å². The minimum atomic E-state index is -0.263. The van der Waals surface area contributed by atoms with Crippen LogP contribution in [0.15, 0.2) is 0 Å². The predicted molar refractivity (Wildman–Crippen MR) is 56.4 cm³/mol. The Kier molecular flexibility index (Phi) is 3.25. The number of amides is 1. The monoisotopic (exact) mass is 200 g/mol. The zero-order chi connectivity index (χ0) is 10.0. The molecule has 0 aromatic rings. The normalized spacial score (nSPS) is 18.0. The number of carbonyl (C=O) groups is 1. The van der Waals surface area contributed by atoms with Crippen LogP contribution in [0.5, 0.6) is 0 Å². The van der Waals surface area contributed by atoms with E-state index in [-0.39, 0.29) is 11.8 Å². The van der Waals surface area contributed by atoms with Crippen molar-refractivity contribution in [3.63, 3.8) is 0 Å². The van der Waals surface area contributed by atoms with Crippen molar-refractivity contribution >= 4 is 23.1 Å². The molecule has 74 valence electrons. The zero-order valence-electron chi connectivity index (χ0n) is 8.12. The van der Waals surface area contributed by atoms with E-state index in [0.717, 1.165) is 12.8 Å². The Labute approximate surface area is 84.3 Å². The van der Waals surface area contributed by atoms with Crippen LogP contribution in [-0.2, 0) is 4.79 Å². The van der Waals surface area contributed by atoms with Crippen LogP contribution in [0.3, 0.4) is 0 Å². The molecule has 0 bridgehead atoms. The lowest BCUT2D eigenvalue weighted by molar-refractivity contribution is -0.132. The second-order valence-electron chi connectivity index (χ2n) is 3.54. The second kappa shape index (κ2) is 4.05. The van der Waals surface area contributed by atoms with Crippen LogP contribution in [0.1, 0.15) is 26.2 Å². The summed E-state index contributed by atoms with van der Waals surface area (Å²) < 4.78 is 0. The van der Waals surface area contributed by atoms with Crippen LogP contribution >= 0.6 is 12.2 Å². The molecule has 3 nitrogen and oxygen atoms in total. The van der Waals surface area contributed by atoms with Crippen LogP contribution in [0.25, 0.3) is 0 Å². The van der Waals surface area contributed by atoms with Gasteiger partial charge in [0.2, 0.25) is 5.91 Å². The SMILES string of the molecule is CCC(C(=O)N(C)C1CC1)C(N)=S. The first kappa shape index (κ1) is 10.4. The minimum absolute atomic E-state index is 0.0810. The van der Waals surface area contributed by atoms with E-state index in [1.54, 1.807) is 4.90 Å². The molecule has 0 saturated heterocycles. The van der Waals surface area contributed by atoms with Crippen molar-refractivity contribution in [3.05, 3.63) is 0 Å². The molecule has 1 unspecified atom stereocenters. The highest BCUT2D eigenvalue weighted by atomic mass is 32.1. The fraction of sp³-hybridized carbons (Fsp3) is 0.778. The van der Waals surface area contributed by atoms with E-state index in [4.69, 9.17) is 18.0 Å². The van der Waals surface area contributed by atoms with Crippen molar-refractivity contribution in [1.29, 1.82) is 0 Å². The Balaban J connectivity index is 2.56. The molecular weight excluding hydrogens is 184 g/mol.